The second-order valence-electron chi connectivity index (χ2n) is 6.32. The van der Waals surface area contributed by atoms with Gasteiger partial charge in [-0.25, -0.2) is 4.79 Å². The van der Waals surface area contributed by atoms with Gasteiger partial charge >= 0.3 is 6.16 Å². The number of nitrogens with zero attached hydrogens (tertiary/aromatic N) is 1. The van der Waals surface area contributed by atoms with E-state index >= 15 is 0 Å². The molecule has 2 aliphatic rings. The van der Waals surface area contributed by atoms with Crippen molar-refractivity contribution in [3.05, 3.63) is 0 Å². The Balaban J connectivity index is 1.88. The van der Waals surface area contributed by atoms with Gasteiger partial charge in [-0.15, -0.1) is 0 Å². The van der Waals surface area contributed by atoms with Gasteiger partial charge in [0, 0.05) is 13.2 Å². The number of carbonyl (C=O) groups excluding carboxylic acids is 2. The Labute approximate surface area is 149 Å². The summed E-state index contributed by atoms with van der Waals surface area (Å²) in [7, 11) is 0. The van der Waals surface area contributed by atoms with Crippen molar-refractivity contribution in [2.75, 3.05) is 26.2 Å². The van der Waals surface area contributed by atoms with E-state index < -0.39 is 30.8 Å². The third-order valence-corrected chi connectivity index (χ3v) is 4.73. The molecule has 0 aromatic rings. The predicted octanol–water partition coefficient (Wildman–Crippen LogP) is 1.28. The number of ether oxygens (including phenoxy) is 4. The molecule has 1 N–H and O–H groups in total. The maximum atomic E-state index is 12.3. The van der Waals surface area contributed by atoms with E-state index in [9.17, 15) is 9.59 Å². The molecule has 0 saturated carbocycles. The van der Waals surface area contributed by atoms with Crippen LogP contribution in [0.2, 0.25) is 0 Å². The highest BCUT2D eigenvalue weighted by atomic mass is 16.8. The average Bonchev–Trinajstić information content (AvgIpc) is 3.12. The van der Waals surface area contributed by atoms with Gasteiger partial charge in [0.25, 0.3) is 0 Å². The first-order valence-corrected chi connectivity index (χ1v) is 9.17. The van der Waals surface area contributed by atoms with Crippen LogP contribution in [0.15, 0.2) is 0 Å². The molecule has 0 bridgehead atoms. The van der Waals surface area contributed by atoms with Crippen molar-refractivity contribution in [2.45, 2.75) is 71.2 Å². The number of amides is 1. The quantitative estimate of drug-likeness (QED) is 0.465. The highest BCUT2D eigenvalue weighted by Crippen LogP contribution is 2.32. The Hall–Kier alpha value is -1.38. The van der Waals surface area contributed by atoms with Crippen molar-refractivity contribution in [1.82, 2.24) is 10.2 Å². The number of nitrogens with one attached hydrogen (secondary N) is 1. The predicted molar refractivity (Wildman–Crippen MR) is 90.1 cm³/mol. The lowest BCUT2D eigenvalue weighted by molar-refractivity contribution is -0.167. The van der Waals surface area contributed by atoms with E-state index in [4.69, 9.17) is 18.9 Å². The molecule has 2 rings (SSSR count). The molecular formula is C17H30N2O6. The third-order valence-electron chi connectivity index (χ3n) is 4.73. The lowest BCUT2D eigenvalue weighted by atomic mass is 10.1. The van der Waals surface area contributed by atoms with Crippen molar-refractivity contribution in [3.63, 3.8) is 0 Å². The molecule has 2 heterocycles. The fraction of sp³-hybridized carbons (Fsp3) is 0.882. The topological polar surface area (TPSA) is 86.3 Å². The molecule has 0 aromatic carbocycles. The van der Waals surface area contributed by atoms with E-state index in [-0.39, 0.29) is 18.5 Å². The molecule has 0 spiro atoms. The standard InChI is InChI=1S/C17H30N2O6/c1-5-8-9-22-16-14-13(24-17(21)25-14)12(23-16)10-18-15(20)11(4)19(6-2)7-3/h11-14,16H,5-10H2,1-4H3,(H,18,20)/t11?,12-,13-,14-,16-/m1/s1. The summed E-state index contributed by atoms with van der Waals surface area (Å²) in [5, 5.41) is 2.88. The second kappa shape index (κ2) is 9.35. The second-order valence-corrected chi connectivity index (χ2v) is 6.32. The summed E-state index contributed by atoms with van der Waals surface area (Å²) in [5.41, 5.74) is 0. The van der Waals surface area contributed by atoms with Gasteiger partial charge < -0.3 is 24.3 Å². The molecule has 0 aliphatic carbocycles. The molecule has 5 atom stereocenters. The van der Waals surface area contributed by atoms with Crippen molar-refractivity contribution in [3.8, 4) is 0 Å². The summed E-state index contributed by atoms with van der Waals surface area (Å²) in [6, 6.07) is -0.230. The third kappa shape index (κ3) is 4.83. The molecule has 25 heavy (non-hydrogen) atoms. The van der Waals surface area contributed by atoms with Crippen LogP contribution in [0.5, 0.6) is 0 Å². The van der Waals surface area contributed by atoms with Crippen LogP contribution >= 0.6 is 0 Å². The van der Waals surface area contributed by atoms with E-state index in [2.05, 4.69) is 17.1 Å². The first-order chi connectivity index (χ1) is 12.0. The summed E-state index contributed by atoms with van der Waals surface area (Å²) in [4.78, 5) is 25.8. The number of carbonyl (C=O) groups is 2. The summed E-state index contributed by atoms with van der Waals surface area (Å²) >= 11 is 0. The SMILES string of the molecule is CCCCO[C@@H]1O[C@H](CNC(=O)C(C)N(CC)CC)[C@H]2OC(=O)O[C@@H]12. The van der Waals surface area contributed by atoms with Gasteiger partial charge in [0.15, 0.2) is 18.5 Å². The zero-order chi connectivity index (χ0) is 18.4. The van der Waals surface area contributed by atoms with Crippen molar-refractivity contribution in [1.29, 1.82) is 0 Å². The van der Waals surface area contributed by atoms with Gasteiger partial charge in [-0.3, -0.25) is 9.69 Å². The van der Waals surface area contributed by atoms with Crippen LogP contribution in [0, 0.1) is 0 Å². The van der Waals surface area contributed by atoms with Gasteiger partial charge in [0.2, 0.25) is 5.91 Å². The van der Waals surface area contributed by atoms with Crippen LogP contribution < -0.4 is 5.32 Å². The van der Waals surface area contributed by atoms with Gasteiger partial charge in [-0.1, -0.05) is 27.2 Å². The molecule has 2 fully saturated rings. The summed E-state index contributed by atoms with van der Waals surface area (Å²) in [6.07, 6.45) is -1.07. The number of hydrogen-bond acceptors (Lipinski definition) is 7. The Kier molecular flexibility index (Phi) is 7.46. The van der Waals surface area contributed by atoms with Crippen LogP contribution in [-0.4, -0.2) is 73.8 Å². The molecule has 144 valence electrons. The van der Waals surface area contributed by atoms with Gasteiger partial charge in [0.1, 0.15) is 6.10 Å². The zero-order valence-corrected chi connectivity index (χ0v) is 15.5. The Morgan fingerprint density at radius 2 is 1.92 bits per heavy atom. The Morgan fingerprint density at radius 3 is 2.56 bits per heavy atom. The van der Waals surface area contributed by atoms with Gasteiger partial charge in [-0.05, 0) is 26.4 Å². The molecule has 8 nitrogen and oxygen atoms in total. The molecule has 1 amide bonds. The number of fused-ring (bicyclic) bond motifs is 1. The largest absolute Gasteiger partial charge is 0.509 e. The minimum Gasteiger partial charge on any atom is -0.424 e. The van der Waals surface area contributed by atoms with Crippen molar-refractivity contribution in [2.24, 2.45) is 0 Å². The normalized spacial score (nSPS) is 29.2. The van der Waals surface area contributed by atoms with Crippen LogP contribution in [0.25, 0.3) is 0 Å². The average molecular weight is 358 g/mol. The van der Waals surface area contributed by atoms with E-state index in [1.54, 1.807) is 0 Å². The van der Waals surface area contributed by atoms with Crippen molar-refractivity contribution >= 4 is 12.1 Å². The van der Waals surface area contributed by atoms with Crippen LogP contribution in [0.3, 0.4) is 0 Å². The first kappa shape index (κ1) is 19.9. The lowest BCUT2D eigenvalue weighted by Crippen LogP contribution is -2.48. The minimum atomic E-state index is -0.713. The van der Waals surface area contributed by atoms with Gasteiger partial charge in [-0.2, -0.15) is 0 Å². The number of unbranched alkanes of at least 4 members (excludes halogenated alkanes) is 1. The molecule has 2 saturated heterocycles. The van der Waals surface area contributed by atoms with Crippen LogP contribution in [0.1, 0.15) is 40.5 Å². The molecular weight excluding hydrogens is 328 g/mol. The minimum absolute atomic E-state index is 0.0792. The fourth-order valence-electron chi connectivity index (χ4n) is 3.14. The molecule has 0 radical (unpaired) electrons. The van der Waals surface area contributed by atoms with E-state index in [1.165, 1.54) is 0 Å². The van der Waals surface area contributed by atoms with Crippen LogP contribution in [0.4, 0.5) is 4.79 Å². The first-order valence-electron chi connectivity index (χ1n) is 9.17. The maximum absolute atomic E-state index is 12.3. The van der Waals surface area contributed by atoms with E-state index in [0.29, 0.717) is 6.61 Å². The lowest BCUT2D eigenvalue weighted by Gasteiger charge is -2.26. The fourth-order valence-corrected chi connectivity index (χ4v) is 3.14. The van der Waals surface area contributed by atoms with Gasteiger partial charge in [0.05, 0.1) is 6.04 Å². The summed E-state index contributed by atoms with van der Waals surface area (Å²) in [6.45, 7) is 10.3. The van der Waals surface area contributed by atoms with Crippen molar-refractivity contribution < 1.29 is 28.5 Å². The highest BCUT2D eigenvalue weighted by molar-refractivity contribution is 5.81. The Morgan fingerprint density at radius 1 is 1.24 bits per heavy atom. The Bertz CT molecular complexity index is 456. The molecule has 8 heteroatoms. The van der Waals surface area contributed by atoms with E-state index in [1.807, 2.05) is 20.8 Å². The summed E-state index contributed by atoms with van der Waals surface area (Å²) in [5.74, 6) is -0.0792. The summed E-state index contributed by atoms with van der Waals surface area (Å²) < 4.78 is 21.8. The van der Waals surface area contributed by atoms with Crippen LogP contribution in [-0.2, 0) is 23.7 Å². The monoisotopic (exact) mass is 358 g/mol. The highest BCUT2D eigenvalue weighted by Gasteiger charge is 2.54. The zero-order valence-electron chi connectivity index (χ0n) is 15.5. The number of hydrogen-bond donors (Lipinski definition) is 1. The number of likely N-dealkylation sites (N-methyl/N-ethyl adjacent to an activating group) is 1. The smallest absolute Gasteiger partial charge is 0.424 e. The van der Waals surface area contributed by atoms with E-state index in [0.717, 1.165) is 25.9 Å². The maximum Gasteiger partial charge on any atom is 0.509 e. The molecule has 0 aromatic heterocycles. The number of rotatable bonds is 10. The molecule has 2 aliphatic heterocycles. The molecule has 1 unspecified atom stereocenters.